The van der Waals surface area contributed by atoms with Gasteiger partial charge in [0.15, 0.2) is 17.4 Å². The first kappa shape index (κ1) is 21.0. The molecule has 1 fully saturated rings. The van der Waals surface area contributed by atoms with Gasteiger partial charge in [-0.3, -0.25) is 9.39 Å². The van der Waals surface area contributed by atoms with Crippen LogP contribution in [0.4, 0.5) is 0 Å². The van der Waals surface area contributed by atoms with E-state index < -0.39 is 0 Å². The first-order valence-corrected chi connectivity index (χ1v) is 10.5. The molecule has 1 aliphatic rings. The Morgan fingerprint density at radius 2 is 2.00 bits per heavy atom. The smallest absolute Gasteiger partial charge is 0.191 e. The Kier molecular flexibility index (Phi) is 7.28. The van der Waals surface area contributed by atoms with Gasteiger partial charge in [0, 0.05) is 30.1 Å². The van der Waals surface area contributed by atoms with E-state index in [1.807, 2.05) is 47.2 Å². The number of hydrogen-bond acceptors (Lipinski definition) is 4. The number of aliphatic imine (C=N–C) groups is 1. The molecule has 4 rings (SSSR count). The number of pyridine rings is 1. The van der Waals surface area contributed by atoms with E-state index in [1.54, 1.807) is 0 Å². The van der Waals surface area contributed by atoms with Crippen LogP contribution >= 0.6 is 35.3 Å². The molecule has 6 nitrogen and oxygen atoms in total. The van der Waals surface area contributed by atoms with E-state index in [9.17, 15) is 0 Å². The normalized spacial score (nSPS) is 16.5. The number of nitrogens with one attached hydrogen (secondary N) is 2. The molecule has 0 aromatic carbocycles. The molecule has 0 bridgehead atoms. The Hall–Kier alpha value is -1.68. The molecule has 3 aromatic heterocycles. The molecule has 3 heterocycles. The maximum atomic E-state index is 4.40. The van der Waals surface area contributed by atoms with Crippen LogP contribution in [-0.2, 0) is 12.0 Å². The van der Waals surface area contributed by atoms with E-state index in [4.69, 9.17) is 0 Å². The van der Waals surface area contributed by atoms with E-state index in [1.165, 1.54) is 37.0 Å². The minimum atomic E-state index is 0. The third-order valence-corrected chi connectivity index (χ3v) is 6.59. The molecule has 1 aliphatic carbocycles. The average molecular weight is 510 g/mol. The summed E-state index contributed by atoms with van der Waals surface area (Å²) in [6.45, 7) is 1.49. The lowest BCUT2D eigenvalue weighted by atomic mass is 9.73. The van der Waals surface area contributed by atoms with Crippen LogP contribution in [0.3, 0.4) is 0 Å². The first-order chi connectivity index (χ1) is 13.3. The van der Waals surface area contributed by atoms with Gasteiger partial charge in [-0.05, 0) is 36.4 Å². The van der Waals surface area contributed by atoms with Crippen molar-refractivity contribution in [1.82, 2.24) is 25.2 Å². The summed E-state index contributed by atoms with van der Waals surface area (Å²) in [7, 11) is 1.82. The molecule has 1 saturated carbocycles. The second-order valence-electron chi connectivity index (χ2n) is 7.14. The highest BCUT2D eigenvalue weighted by atomic mass is 127. The number of fused-ring (bicyclic) bond motifs is 1. The van der Waals surface area contributed by atoms with Gasteiger partial charge in [0.1, 0.15) is 0 Å². The van der Waals surface area contributed by atoms with Crippen molar-refractivity contribution >= 4 is 46.9 Å². The van der Waals surface area contributed by atoms with Gasteiger partial charge < -0.3 is 10.6 Å². The van der Waals surface area contributed by atoms with Crippen LogP contribution in [-0.4, -0.2) is 34.2 Å². The molecular weight excluding hydrogens is 483 g/mol. The van der Waals surface area contributed by atoms with Crippen molar-refractivity contribution in [3.8, 4) is 0 Å². The van der Waals surface area contributed by atoms with Crippen LogP contribution in [0.5, 0.6) is 0 Å². The first-order valence-electron chi connectivity index (χ1n) is 9.58. The van der Waals surface area contributed by atoms with Crippen LogP contribution in [0.1, 0.15) is 42.8 Å². The van der Waals surface area contributed by atoms with Gasteiger partial charge in [-0.25, -0.2) is 0 Å². The van der Waals surface area contributed by atoms with Crippen molar-refractivity contribution in [2.24, 2.45) is 4.99 Å². The van der Waals surface area contributed by atoms with Crippen LogP contribution in [0, 0.1) is 0 Å². The van der Waals surface area contributed by atoms with Crippen LogP contribution in [0.15, 0.2) is 46.9 Å². The molecule has 2 N–H and O–H groups in total. The Balaban J connectivity index is 0.00000225. The van der Waals surface area contributed by atoms with Crippen molar-refractivity contribution in [3.63, 3.8) is 0 Å². The third kappa shape index (κ3) is 4.48. The van der Waals surface area contributed by atoms with E-state index in [0.29, 0.717) is 6.54 Å². The standard InChI is InChI=1S/C20H26N6S.HI/c1-21-19(22-14-18-25-24-17-9-3-6-12-26(17)18)23-15-20(10-4-2-5-11-20)16-8-7-13-27-16;/h3,6-9,12-13H,2,4-5,10-11,14-15H2,1H3,(H2,21,22,23);1H. The molecule has 8 heteroatoms. The van der Waals surface area contributed by atoms with Crippen LogP contribution < -0.4 is 10.6 Å². The zero-order valence-electron chi connectivity index (χ0n) is 16.1. The number of hydrogen-bond donors (Lipinski definition) is 2. The van der Waals surface area contributed by atoms with Gasteiger partial charge in [-0.1, -0.05) is 31.4 Å². The number of aromatic nitrogens is 3. The van der Waals surface area contributed by atoms with Gasteiger partial charge in [-0.15, -0.1) is 45.5 Å². The fourth-order valence-electron chi connectivity index (χ4n) is 3.97. The number of thiophene rings is 1. The van der Waals surface area contributed by atoms with Gasteiger partial charge in [0.05, 0.1) is 6.54 Å². The minimum Gasteiger partial charge on any atom is -0.355 e. The van der Waals surface area contributed by atoms with Crippen molar-refractivity contribution in [2.45, 2.75) is 44.1 Å². The lowest BCUT2D eigenvalue weighted by Gasteiger charge is -2.37. The predicted octanol–water partition coefficient (Wildman–Crippen LogP) is 3.98. The molecule has 0 atom stereocenters. The molecular formula is C20H27IN6S. The molecule has 0 spiro atoms. The summed E-state index contributed by atoms with van der Waals surface area (Å²) in [6, 6.07) is 10.4. The molecule has 0 unspecified atom stereocenters. The summed E-state index contributed by atoms with van der Waals surface area (Å²) >= 11 is 1.88. The molecule has 0 amide bonds. The second-order valence-corrected chi connectivity index (χ2v) is 8.09. The third-order valence-electron chi connectivity index (χ3n) is 5.47. The SMILES string of the molecule is CN=C(NCc1nnc2ccccn12)NCC1(c2cccs2)CCCCC1.I. The highest BCUT2D eigenvalue weighted by molar-refractivity contribution is 14.0. The number of nitrogens with zero attached hydrogens (tertiary/aromatic N) is 4. The summed E-state index contributed by atoms with van der Waals surface area (Å²) in [5, 5.41) is 17.6. The van der Waals surface area contributed by atoms with Gasteiger partial charge in [-0.2, -0.15) is 0 Å². The number of rotatable bonds is 5. The molecule has 0 aliphatic heterocycles. The Morgan fingerprint density at radius 3 is 2.75 bits per heavy atom. The molecule has 0 radical (unpaired) electrons. The van der Waals surface area contributed by atoms with E-state index >= 15 is 0 Å². The van der Waals surface area contributed by atoms with Crippen molar-refractivity contribution < 1.29 is 0 Å². The Morgan fingerprint density at radius 1 is 1.14 bits per heavy atom. The summed E-state index contributed by atoms with van der Waals surface area (Å²) in [5.41, 5.74) is 1.09. The quantitative estimate of drug-likeness (QED) is 0.310. The second kappa shape index (κ2) is 9.69. The summed E-state index contributed by atoms with van der Waals surface area (Å²) in [6.07, 6.45) is 8.42. The molecule has 28 heavy (non-hydrogen) atoms. The highest BCUT2D eigenvalue weighted by Crippen LogP contribution is 2.41. The number of halogens is 1. The minimum absolute atomic E-state index is 0. The predicted molar refractivity (Wildman–Crippen MR) is 126 cm³/mol. The average Bonchev–Trinajstić information content (AvgIpc) is 3.40. The van der Waals surface area contributed by atoms with Gasteiger partial charge in [0.25, 0.3) is 0 Å². The lowest BCUT2D eigenvalue weighted by Crippen LogP contribution is -2.46. The molecule has 3 aromatic rings. The maximum Gasteiger partial charge on any atom is 0.191 e. The summed E-state index contributed by atoms with van der Waals surface area (Å²) in [5.74, 6) is 1.68. The van der Waals surface area contributed by atoms with Crippen molar-refractivity contribution in [2.75, 3.05) is 13.6 Å². The van der Waals surface area contributed by atoms with E-state index in [2.05, 4.69) is 43.3 Å². The Labute approximate surface area is 186 Å². The number of guanidine groups is 1. The van der Waals surface area contributed by atoms with Gasteiger partial charge in [0.2, 0.25) is 0 Å². The largest absolute Gasteiger partial charge is 0.355 e. The lowest BCUT2D eigenvalue weighted by molar-refractivity contribution is 0.296. The monoisotopic (exact) mass is 510 g/mol. The Bertz CT molecular complexity index is 898. The summed E-state index contributed by atoms with van der Waals surface area (Å²) < 4.78 is 1.99. The topological polar surface area (TPSA) is 66.6 Å². The summed E-state index contributed by atoms with van der Waals surface area (Å²) in [4.78, 5) is 5.90. The van der Waals surface area contributed by atoms with Crippen molar-refractivity contribution in [3.05, 3.63) is 52.6 Å². The van der Waals surface area contributed by atoms with Crippen LogP contribution in [0.25, 0.3) is 5.65 Å². The molecule has 0 saturated heterocycles. The zero-order valence-corrected chi connectivity index (χ0v) is 19.2. The maximum absolute atomic E-state index is 4.40. The zero-order chi connectivity index (χ0) is 18.5. The van der Waals surface area contributed by atoms with E-state index in [-0.39, 0.29) is 29.4 Å². The fourth-order valence-corrected chi connectivity index (χ4v) is 4.95. The highest BCUT2D eigenvalue weighted by Gasteiger charge is 2.34. The van der Waals surface area contributed by atoms with Crippen molar-refractivity contribution in [1.29, 1.82) is 0 Å². The van der Waals surface area contributed by atoms with Gasteiger partial charge >= 0.3 is 0 Å². The fraction of sp³-hybridized carbons (Fsp3) is 0.450. The molecule has 150 valence electrons. The van der Waals surface area contributed by atoms with Crippen LogP contribution in [0.2, 0.25) is 0 Å². The van der Waals surface area contributed by atoms with E-state index in [0.717, 1.165) is 24.0 Å².